The fraction of sp³-hybridized carbons (Fsp3) is 0.400. The van der Waals surface area contributed by atoms with Crippen LogP contribution in [0.15, 0.2) is 49.6 Å². The van der Waals surface area contributed by atoms with Gasteiger partial charge in [-0.25, -0.2) is 0 Å². The van der Waals surface area contributed by atoms with Gasteiger partial charge in [-0.2, -0.15) is 0 Å². The Kier molecular flexibility index (Phi) is 8.51. The molecule has 0 saturated carbocycles. The number of benzene rings is 1. The van der Waals surface area contributed by atoms with Gasteiger partial charge in [0.05, 0.1) is 23.8 Å². The second kappa shape index (κ2) is 10.9. The summed E-state index contributed by atoms with van der Waals surface area (Å²) in [4.78, 5) is 30.5. The Morgan fingerprint density at radius 1 is 1.04 bits per heavy atom. The third-order valence-electron chi connectivity index (χ3n) is 4.39. The van der Waals surface area contributed by atoms with Crippen molar-refractivity contribution >= 4 is 29.1 Å². The van der Waals surface area contributed by atoms with Crippen LogP contribution in [0.1, 0.15) is 0 Å². The average Bonchev–Trinajstić information content (AvgIpc) is 2.65. The molecule has 1 fully saturated rings. The van der Waals surface area contributed by atoms with E-state index in [1.165, 1.54) is 0 Å². The Labute approximate surface area is 166 Å². The predicted octanol–water partition coefficient (Wildman–Crippen LogP) is 2.10. The van der Waals surface area contributed by atoms with Crippen LogP contribution in [0.4, 0.5) is 5.69 Å². The smallest absolute Gasteiger partial charge is 0.238 e. The zero-order valence-corrected chi connectivity index (χ0v) is 16.3. The summed E-state index contributed by atoms with van der Waals surface area (Å²) in [6, 6.07) is 7.18. The average molecular weight is 391 g/mol. The largest absolute Gasteiger partial charge is 0.334 e. The molecule has 0 spiro atoms. The van der Waals surface area contributed by atoms with Crippen LogP contribution < -0.4 is 5.32 Å². The van der Waals surface area contributed by atoms with E-state index in [1.54, 1.807) is 29.2 Å². The Morgan fingerprint density at radius 2 is 1.59 bits per heavy atom. The topological polar surface area (TPSA) is 55.9 Å². The lowest BCUT2D eigenvalue weighted by molar-refractivity contribution is -0.132. The van der Waals surface area contributed by atoms with Gasteiger partial charge in [-0.15, -0.1) is 13.2 Å². The van der Waals surface area contributed by atoms with Crippen molar-refractivity contribution in [1.82, 2.24) is 14.7 Å². The SMILES string of the molecule is C=CCN(CC=C)C(=O)CN1CCN(CC(=O)Nc2ccccc2Cl)CC1. The van der Waals surface area contributed by atoms with Gasteiger partial charge in [-0.3, -0.25) is 19.4 Å². The summed E-state index contributed by atoms with van der Waals surface area (Å²) in [5.41, 5.74) is 0.623. The molecule has 0 atom stereocenters. The highest BCUT2D eigenvalue weighted by atomic mass is 35.5. The summed E-state index contributed by atoms with van der Waals surface area (Å²) < 4.78 is 0. The summed E-state index contributed by atoms with van der Waals surface area (Å²) in [6.45, 7) is 12.1. The fourth-order valence-corrected chi connectivity index (χ4v) is 3.13. The molecular weight excluding hydrogens is 364 g/mol. The van der Waals surface area contributed by atoms with Crippen LogP contribution >= 0.6 is 11.6 Å². The number of rotatable bonds is 9. The number of nitrogens with one attached hydrogen (secondary N) is 1. The molecule has 2 amide bonds. The van der Waals surface area contributed by atoms with E-state index in [-0.39, 0.29) is 11.8 Å². The van der Waals surface area contributed by atoms with E-state index in [0.717, 1.165) is 26.2 Å². The van der Waals surface area contributed by atoms with Crippen LogP contribution in [0, 0.1) is 0 Å². The van der Waals surface area contributed by atoms with Crippen molar-refractivity contribution in [2.75, 3.05) is 57.7 Å². The Balaban J connectivity index is 1.75. The molecule has 146 valence electrons. The molecule has 27 heavy (non-hydrogen) atoms. The quantitative estimate of drug-likeness (QED) is 0.656. The van der Waals surface area contributed by atoms with Crippen LogP contribution in [0.2, 0.25) is 5.02 Å². The molecule has 1 aliphatic rings. The van der Waals surface area contributed by atoms with E-state index < -0.39 is 0 Å². The Hall–Kier alpha value is -2.15. The van der Waals surface area contributed by atoms with Gasteiger partial charge in [-0.1, -0.05) is 35.9 Å². The molecule has 0 aliphatic carbocycles. The second-order valence-corrected chi connectivity index (χ2v) is 6.86. The van der Waals surface area contributed by atoms with E-state index >= 15 is 0 Å². The summed E-state index contributed by atoms with van der Waals surface area (Å²) in [6.07, 6.45) is 3.44. The molecule has 7 heteroatoms. The first kappa shape index (κ1) is 21.2. The van der Waals surface area contributed by atoms with E-state index in [0.29, 0.717) is 36.9 Å². The van der Waals surface area contributed by atoms with Crippen LogP contribution in [0.25, 0.3) is 0 Å². The lowest BCUT2D eigenvalue weighted by atomic mass is 10.3. The minimum absolute atomic E-state index is 0.0692. The van der Waals surface area contributed by atoms with Gasteiger partial charge in [0.2, 0.25) is 11.8 Å². The number of amides is 2. The molecule has 0 aromatic heterocycles. The molecule has 1 saturated heterocycles. The van der Waals surface area contributed by atoms with Gasteiger partial charge in [0.1, 0.15) is 0 Å². The van der Waals surface area contributed by atoms with E-state index in [9.17, 15) is 9.59 Å². The maximum Gasteiger partial charge on any atom is 0.238 e. The number of piperazine rings is 1. The number of para-hydroxylation sites is 1. The fourth-order valence-electron chi connectivity index (χ4n) is 2.94. The lowest BCUT2D eigenvalue weighted by Gasteiger charge is -2.34. The van der Waals surface area contributed by atoms with Gasteiger partial charge < -0.3 is 10.2 Å². The summed E-state index contributed by atoms with van der Waals surface area (Å²) in [7, 11) is 0. The molecule has 2 rings (SSSR count). The molecule has 1 aromatic carbocycles. The first-order chi connectivity index (χ1) is 13.0. The first-order valence-corrected chi connectivity index (χ1v) is 9.40. The monoisotopic (exact) mass is 390 g/mol. The van der Waals surface area contributed by atoms with Crippen molar-refractivity contribution in [1.29, 1.82) is 0 Å². The van der Waals surface area contributed by atoms with Crippen LogP contribution in [0.5, 0.6) is 0 Å². The third-order valence-corrected chi connectivity index (χ3v) is 4.72. The second-order valence-electron chi connectivity index (χ2n) is 6.46. The molecule has 1 aliphatic heterocycles. The van der Waals surface area contributed by atoms with E-state index in [1.807, 2.05) is 12.1 Å². The number of carbonyl (C=O) groups is 2. The van der Waals surface area contributed by atoms with E-state index in [4.69, 9.17) is 11.6 Å². The highest BCUT2D eigenvalue weighted by Crippen LogP contribution is 2.20. The Bertz CT molecular complexity index is 662. The number of hydrogen-bond donors (Lipinski definition) is 1. The van der Waals surface area contributed by atoms with Crippen molar-refractivity contribution < 1.29 is 9.59 Å². The molecule has 0 unspecified atom stereocenters. The van der Waals surface area contributed by atoms with E-state index in [2.05, 4.69) is 28.3 Å². The van der Waals surface area contributed by atoms with Crippen LogP contribution in [-0.2, 0) is 9.59 Å². The van der Waals surface area contributed by atoms with Gasteiger partial charge in [0, 0.05) is 39.3 Å². The van der Waals surface area contributed by atoms with Gasteiger partial charge >= 0.3 is 0 Å². The standard InChI is InChI=1S/C20H27ClN4O2/c1-3-9-25(10-4-2)20(27)16-24-13-11-23(12-14-24)15-19(26)22-18-8-6-5-7-17(18)21/h3-8H,1-2,9-16H2,(H,22,26). The van der Waals surface area contributed by atoms with Crippen molar-refractivity contribution in [2.24, 2.45) is 0 Å². The van der Waals surface area contributed by atoms with Gasteiger partial charge in [-0.05, 0) is 12.1 Å². The van der Waals surface area contributed by atoms with Crippen LogP contribution in [-0.4, -0.2) is 78.9 Å². The molecular formula is C20H27ClN4O2. The zero-order chi connectivity index (χ0) is 19.6. The number of halogens is 1. The van der Waals surface area contributed by atoms with Crippen molar-refractivity contribution in [3.05, 3.63) is 54.6 Å². The zero-order valence-electron chi connectivity index (χ0n) is 15.6. The first-order valence-electron chi connectivity index (χ1n) is 9.02. The van der Waals surface area contributed by atoms with Gasteiger partial charge in [0.25, 0.3) is 0 Å². The summed E-state index contributed by atoms with van der Waals surface area (Å²) >= 11 is 6.07. The number of anilines is 1. The molecule has 0 radical (unpaired) electrons. The van der Waals surface area contributed by atoms with Gasteiger partial charge in [0.15, 0.2) is 0 Å². The highest BCUT2D eigenvalue weighted by Gasteiger charge is 2.22. The minimum atomic E-state index is -0.0873. The highest BCUT2D eigenvalue weighted by molar-refractivity contribution is 6.33. The maximum absolute atomic E-state index is 12.4. The summed E-state index contributed by atoms with van der Waals surface area (Å²) in [5.74, 6) is -0.0181. The number of hydrogen-bond acceptors (Lipinski definition) is 4. The molecule has 1 aromatic rings. The summed E-state index contributed by atoms with van der Waals surface area (Å²) in [5, 5.41) is 3.36. The molecule has 1 heterocycles. The Morgan fingerprint density at radius 3 is 2.15 bits per heavy atom. The predicted molar refractivity (Wildman–Crippen MR) is 110 cm³/mol. The van der Waals surface area contributed by atoms with Crippen molar-refractivity contribution in [3.8, 4) is 0 Å². The molecule has 1 N–H and O–H groups in total. The van der Waals surface area contributed by atoms with Crippen molar-refractivity contribution in [2.45, 2.75) is 0 Å². The number of carbonyl (C=O) groups excluding carboxylic acids is 2. The molecule has 0 bridgehead atoms. The maximum atomic E-state index is 12.4. The normalized spacial score (nSPS) is 15.1. The third kappa shape index (κ3) is 6.82. The minimum Gasteiger partial charge on any atom is -0.334 e. The van der Waals surface area contributed by atoms with Crippen molar-refractivity contribution in [3.63, 3.8) is 0 Å². The number of nitrogens with zero attached hydrogens (tertiary/aromatic N) is 3. The molecule has 6 nitrogen and oxygen atoms in total. The van der Waals surface area contributed by atoms with Crippen LogP contribution in [0.3, 0.4) is 0 Å². The lowest BCUT2D eigenvalue weighted by Crippen LogP contribution is -2.51.